The van der Waals surface area contributed by atoms with Crippen LogP contribution in [-0.2, 0) is 4.74 Å². The van der Waals surface area contributed by atoms with E-state index in [1.54, 1.807) is 7.11 Å². The monoisotopic (exact) mass is 418 g/mol. The fourth-order valence-electron chi connectivity index (χ4n) is 3.48. The molecule has 0 radical (unpaired) electrons. The normalized spacial score (nSPS) is 15.9. The molecular formula is C23H31ClN2O3. The van der Waals surface area contributed by atoms with E-state index in [4.69, 9.17) is 25.8 Å². The van der Waals surface area contributed by atoms with Crippen LogP contribution < -0.4 is 14.4 Å². The van der Waals surface area contributed by atoms with Gasteiger partial charge in [0.05, 0.1) is 19.8 Å². The molecule has 1 atom stereocenters. The van der Waals surface area contributed by atoms with Crippen molar-refractivity contribution in [2.24, 2.45) is 0 Å². The zero-order chi connectivity index (χ0) is 20.5. The maximum Gasteiger partial charge on any atom is 0.119 e. The first-order chi connectivity index (χ1) is 14.2. The van der Waals surface area contributed by atoms with Crippen molar-refractivity contribution < 1.29 is 14.2 Å². The summed E-state index contributed by atoms with van der Waals surface area (Å²) in [5.74, 6) is 1.73. The fourth-order valence-corrected chi connectivity index (χ4v) is 3.61. The Morgan fingerprint density at radius 3 is 2.17 bits per heavy atom. The van der Waals surface area contributed by atoms with Crippen LogP contribution in [0.4, 0.5) is 5.69 Å². The molecular weight excluding hydrogens is 388 g/mol. The molecule has 1 unspecified atom stereocenters. The maximum absolute atomic E-state index is 6.04. The summed E-state index contributed by atoms with van der Waals surface area (Å²) in [6.07, 6.45) is 1.02. The first-order valence-electron chi connectivity index (χ1n) is 10.3. The second-order valence-corrected chi connectivity index (χ2v) is 7.65. The largest absolute Gasteiger partial charge is 0.497 e. The van der Waals surface area contributed by atoms with Crippen molar-refractivity contribution in [3.05, 3.63) is 53.6 Å². The molecule has 0 saturated carbocycles. The van der Waals surface area contributed by atoms with Gasteiger partial charge in [-0.05, 0) is 55.0 Å². The van der Waals surface area contributed by atoms with Gasteiger partial charge in [-0.15, -0.1) is 0 Å². The van der Waals surface area contributed by atoms with Crippen molar-refractivity contribution in [3.63, 3.8) is 0 Å². The van der Waals surface area contributed by atoms with Gasteiger partial charge < -0.3 is 19.1 Å². The van der Waals surface area contributed by atoms with E-state index in [9.17, 15) is 0 Å². The molecule has 0 aliphatic carbocycles. The van der Waals surface area contributed by atoms with E-state index in [1.807, 2.05) is 36.4 Å². The number of rotatable bonds is 10. The van der Waals surface area contributed by atoms with Gasteiger partial charge in [-0.25, -0.2) is 0 Å². The van der Waals surface area contributed by atoms with Gasteiger partial charge in [0.15, 0.2) is 0 Å². The number of anilines is 1. The van der Waals surface area contributed by atoms with Crippen molar-refractivity contribution in [1.29, 1.82) is 0 Å². The van der Waals surface area contributed by atoms with Crippen LogP contribution in [0.5, 0.6) is 11.5 Å². The van der Waals surface area contributed by atoms with Crippen LogP contribution in [0.3, 0.4) is 0 Å². The third kappa shape index (κ3) is 6.53. The molecule has 158 valence electrons. The molecule has 1 aliphatic heterocycles. The highest BCUT2D eigenvalue weighted by atomic mass is 35.5. The average Bonchev–Trinajstić information content (AvgIpc) is 2.77. The third-order valence-electron chi connectivity index (χ3n) is 5.18. The number of ether oxygens (including phenoxy) is 3. The van der Waals surface area contributed by atoms with Crippen LogP contribution in [0.2, 0.25) is 5.02 Å². The minimum Gasteiger partial charge on any atom is -0.497 e. The summed E-state index contributed by atoms with van der Waals surface area (Å²) < 4.78 is 17.2. The number of hydrogen-bond donors (Lipinski definition) is 0. The lowest BCUT2D eigenvalue weighted by molar-refractivity contribution is 0.0340. The molecule has 6 heteroatoms. The highest BCUT2D eigenvalue weighted by Crippen LogP contribution is 2.22. The highest BCUT2D eigenvalue weighted by Gasteiger charge is 2.25. The van der Waals surface area contributed by atoms with Gasteiger partial charge in [0.1, 0.15) is 18.1 Å². The van der Waals surface area contributed by atoms with Crippen LogP contribution in [-0.4, -0.2) is 64.1 Å². The summed E-state index contributed by atoms with van der Waals surface area (Å²) in [7, 11) is 1.70. The predicted octanol–water partition coefficient (Wildman–Crippen LogP) is 4.34. The van der Waals surface area contributed by atoms with E-state index >= 15 is 0 Å². The zero-order valence-corrected chi connectivity index (χ0v) is 18.1. The summed E-state index contributed by atoms with van der Waals surface area (Å²) in [5, 5.41) is 0.717. The molecule has 1 aliphatic rings. The van der Waals surface area contributed by atoms with Crippen LogP contribution in [0.25, 0.3) is 0 Å². The Morgan fingerprint density at radius 2 is 1.55 bits per heavy atom. The second kappa shape index (κ2) is 11.3. The second-order valence-electron chi connectivity index (χ2n) is 7.21. The van der Waals surface area contributed by atoms with Gasteiger partial charge in [0, 0.05) is 43.5 Å². The van der Waals surface area contributed by atoms with Gasteiger partial charge in [-0.2, -0.15) is 0 Å². The van der Waals surface area contributed by atoms with Crippen molar-refractivity contribution in [2.45, 2.75) is 19.4 Å². The Kier molecular flexibility index (Phi) is 8.47. The Labute approximate surface area is 179 Å². The molecule has 3 rings (SSSR count). The van der Waals surface area contributed by atoms with Crippen molar-refractivity contribution in [3.8, 4) is 11.5 Å². The summed E-state index contributed by atoms with van der Waals surface area (Å²) in [5.41, 5.74) is 1.24. The number of hydrogen-bond acceptors (Lipinski definition) is 5. The van der Waals surface area contributed by atoms with Gasteiger partial charge in [-0.3, -0.25) is 4.90 Å². The maximum atomic E-state index is 6.04. The molecule has 1 saturated heterocycles. The smallest absolute Gasteiger partial charge is 0.119 e. The molecule has 1 fully saturated rings. The van der Waals surface area contributed by atoms with E-state index in [0.717, 1.165) is 55.7 Å². The number of methoxy groups -OCH3 is 1. The van der Waals surface area contributed by atoms with Crippen LogP contribution >= 0.6 is 11.6 Å². The lowest BCUT2D eigenvalue weighted by Crippen LogP contribution is -2.53. The average molecular weight is 419 g/mol. The molecule has 0 amide bonds. The van der Waals surface area contributed by atoms with Crippen LogP contribution in [0, 0.1) is 0 Å². The Morgan fingerprint density at radius 1 is 0.897 bits per heavy atom. The zero-order valence-electron chi connectivity index (χ0n) is 17.4. The Bertz CT molecular complexity index is 716. The van der Waals surface area contributed by atoms with Gasteiger partial charge in [-0.1, -0.05) is 18.5 Å². The first-order valence-corrected chi connectivity index (χ1v) is 10.7. The van der Waals surface area contributed by atoms with Crippen LogP contribution in [0.15, 0.2) is 48.5 Å². The molecule has 2 aromatic rings. The van der Waals surface area contributed by atoms with Crippen molar-refractivity contribution >= 4 is 17.3 Å². The molecule has 0 N–H and O–H groups in total. The van der Waals surface area contributed by atoms with Crippen molar-refractivity contribution in [1.82, 2.24) is 4.90 Å². The summed E-state index contributed by atoms with van der Waals surface area (Å²) in [6, 6.07) is 16.0. The molecule has 29 heavy (non-hydrogen) atoms. The first kappa shape index (κ1) is 21.8. The van der Waals surface area contributed by atoms with Gasteiger partial charge >= 0.3 is 0 Å². The Hall–Kier alpha value is -1.95. The predicted molar refractivity (Wildman–Crippen MR) is 119 cm³/mol. The van der Waals surface area contributed by atoms with E-state index in [-0.39, 0.29) is 6.04 Å². The molecule has 1 heterocycles. The standard InChI is InChI=1S/C23H31ClN2O3/c1-3-16-28-17-21(18-29-23-8-4-19(24)5-9-23)26-14-12-25(13-15-26)20-6-10-22(27-2)11-7-20/h4-11,21H,3,12-18H2,1-2H3. The summed E-state index contributed by atoms with van der Waals surface area (Å²) in [6.45, 7) is 8.13. The van der Waals surface area contributed by atoms with Crippen molar-refractivity contribution in [2.75, 3.05) is 58.0 Å². The molecule has 5 nitrogen and oxygen atoms in total. The fraction of sp³-hybridized carbons (Fsp3) is 0.478. The molecule has 0 spiro atoms. The molecule has 2 aromatic carbocycles. The van der Waals surface area contributed by atoms with Gasteiger partial charge in [0.25, 0.3) is 0 Å². The summed E-state index contributed by atoms with van der Waals surface area (Å²) in [4.78, 5) is 4.89. The minimum absolute atomic E-state index is 0.232. The van der Waals surface area contributed by atoms with Gasteiger partial charge in [0.2, 0.25) is 0 Å². The number of piperazine rings is 1. The van der Waals surface area contributed by atoms with Crippen LogP contribution in [0.1, 0.15) is 13.3 Å². The highest BCUT2D eigenvalue weighted by molar-refractivity contribution is 6.30. The van der Waals surface area contributed by atoms with E-state index in [2.05, 4.69) is 28.9 Å². The number of benzene rings is 2. The summed E-state index contributed by atoms with van der Waals surface area (Å²) >= 11 is 5.97. The third-order valence-corrected chi connectivity index (χ3v) is 5.43. The number of halogens is 1. The van der Waals surface area contributed by atoms with E-state index in [0.29, 0.717) is 13.2 Å². The van der Waals surface area contributed by atoms with E-state index in [1.165, 1.54) is 5.69 Å². The molecule has 0 bridgehead atoms. The minimum atomic E-state index is 0.232. The molecule has 0 aromatic heterocycles. The topological polar surface area (TPSA) is 34.2 Å². The lowest BCUT2D eigenvalue weighted by Gasteiger charge is -2.40. The Balaban J connectivity index is 1.55. The quantitative estimate of drug-likeness (QED) is 0.536. The SMILES string of the molecule is CCCOCC(COc1ccc(Cl)cc1)N1CCN(c2ccc(OC)cc2)CC1. The lowest BCUT2D eigenvalue weighted by atomic mass is 10.2. The van der Waals surface area contributed by atoms with E-state index < -0.39 is 0 Å². The number of nitrogens with zero attached hydrogens (tertiary/aromatic N) is 2.